The van der Waals surface area contributed by atoms with Crippen molar-refractivity contribution in [1.82, 2.24) is 9.97 Å². The Hall–Kier alpha value is -1.65. The van der Waals surface area contributed by atoms with Crippen molar-refractivity contribution < 1.29 is 9.53 Å². The zero-order chi connectivity index (χ0) is 14.5. The maximum absolute atomic E-state index is 12.4. The molecular weight excluding hydrogens is 266 g/mol. The molecule has 1 aliphatic carbocycles. The van der Waals surface area contributed by atoms with Crippen LogP contribution in [0.2, 0.25) is 0 Å². The summed E-state index contributed by atoms with van der Waals surface area (Å²) in [5.41, 5.74) is 0. The van der Waals surface area contributed by atoms with Crippen molar-refractivity contribution in [3.63, 3.8) is 0 Å². The molecule has 1 unspecified atom stereocenters. The van der Waals surface area contributed by atoms with Crippen LogP contribution in [0.4, 0.5) is 5.95 Å². The number of ether oxygens (including phenoxy) is 1. The van der Waals surface area contributed by atoms with E-state index in [1.54, 1.807) is 12.4 Å². The van der Waals surface area contributed by atoms with Gasteiger partial charge in [0.15, 0.2) is 0 Å². The SMILES string of the molecule is O=C(OC1CCCCC1)C1CCCN(c2ncccn2)C1. The van der Waals surface area contributed by atoms with Crippen LogP contribution < -0.4 is 4.90 Å². The first-order valence-electron chi connectivity index (χ1n) is 8.05. The Balaban J connectivity index is 1.56. The van der Waals surface area contributed by atoms with Crippen LogP contribution in [0.15, 0.2) is 18.5 Å². The van der Waals surface area contributed by atoms with Crippen LogP contribution in [0.25, 0.3) is 0 Å². The highest BCUT2D eigenvalue weighted by Gasteiger charge is 2.30. The molecule has 1 saturated carbocycles. The summed E-state index contributed by atoms with van der Waals surface area (Å²) in [4.78, 5) is 23.0. The second-order valence-corrected chi connectivity index (χ2v) is 6.03. The van der Waals surface area contributed by atoms with Gasteiger partial charge in [-0.2, -0.15) is 0 Å². The molecule has 0 aromatic carbocycles. The van der Waals surface area contributed by atoms with Gasteiger partial charge < -0.3 is 9.64 Å². The van der Waals surface area contributed by atoms with Gasteiger partial charge in [0.25, 0.3) is 0 Å². The maximum Gasteiger partial charge on any atom is 0.311 e. The van der Waals surface area contributed by atoms with Crippen molar-refractivity contribution >= 4 is 11.9 Å². The van der Waals surface area contributed by atoms with Crippen LogP contribution in [0, 0.1) is 5.92 Å². The molecule has 1 aliphatic heterocycles. The van der Waals surface area contributed by atoms with Crippen LogP contribution in [-0.4, -0.2) is 35.1 Å². The standard InChI is InChI=1S/C16H23N3O2/c20-15(21-14-7-2-1-3-8-14)13-6-4-11-19(12-13)16-17-9-5-10-18-16/h5,9-10,13-14H,1-4,6-8,11-12H2. The molecule has 5 nitrogen and oxygen atoms in total. The van der Waals surface area contributed by atoms with Crippen molar-refractivity contribution in [3.8, 4) is 0 Å². The molecule has 2 heterocycles. The fourth-order valence-corrected chi connectivity index (χ4v) is 3.25. The average Bonchev–Trinajstić information content (AvgIpc) is 2.57. The van der Waals surface area contributed by atoms with Crippen molar-refractivity contribution in [2.24, 2.45) is 5.92 Å². The Kier molecular flexibility index (Phi) is 4.68. The van der Waals surface area contributed by atoms with Crippen molar-refractivity contribution in [2.45, 2.75) is 51.0 Å². The zero-order valence-electron chi connectivity index (χ0n) is 12.4. The summed E-state index contributed by atoms with van der Waals surface area (Å²) in [6.45, 7) is 1.59. The van der Waals surface area contributed by atoms with Gasteiger partial charge in [0.2, 0.25) is 5.95 Å². The van der Waals surface area contributed by atoms with Crippen molar-refractivity contribution in [2.75, 3.05) is 18.0 Å². The van der Waals surface area contributed by atoms with Crippen molar-refractivity contribution in [1.29, 1.82) is 0 Å². The van der Waals surface area contributed by atoms with Gasteiger partial charge in [-0.15, -0.1) is 0 Å². The third kappa shape index (κ3) is 3.71. The summed E-state index contributed by atoms with van der Waals surface area (Å²) >= 11 is 0. The molecule has 0 spiro atoms. The molecule has 21 heavy (non-hydrogen) atoms. The van der Waals surface area contributed by atoms with Gasteiger partial charge in [0.1, 0.15) is 6.10 Å². The summed E-state index contributed by atoms with van der Waals surface area (Å²) < 4.78 is 5.71. The van der Waals surface area contributed by atoms with E-state index in [4.69, 9.17) is 4.74 Å². The van der Waals surface area contributed by atoms with E-state index in [2.05, 4.69) is 14.9 Å². The van der Waals surface area contributed by atoms with E-state index in [1.807, 2.05) is 6.07 Å². The molecule has 2 fully saturated rings. The number of esters is 1. The summed E-state index contributed by atoms with van der Waals surface area (Å²) in [7, 11) is 0. The van der Waals surface area contributed by atoms with E-state index >= 15 is 0 Å². The van der Waals surface area contributed by atoms with E-state index in [0.29, 0.717) is 12.5 Å². The first-order chi connectivity index (χ1) is 10.3. The van der Waals surface area contributed by atoms with Crippen LogP contribution in [0.1, 0.15) is 44.9 Å². The highest BCUT2D eigenvalue weighted by Crippen LogP contribution is 2.25. The summed E-state index contributed by atoms with van der Waals surface area (Å²) in [6, 6.07) is 1.81. The van der Waals surface area contributed by atoms with Gasteiger partial charge in [-0.1, -0.05) is 6.42 Å². The minimum Gasteiger partial charge on any atom is -0.462 e. The topological polar surface area (TPSA) is 55.3 Å². The molecule has 1 aromatic rings. The van der Waals surface area contributed by atoms with Crippen LogP contribution in [0.3, 0.4) is 0 Å². The molecule has 114 valence electrons. The molecule has 0 bridgehead atoms. The Labute approximate surface area is 125 Å². The molecule has 0 amide bonds. The number of nitrogens with zero attached hydrogens (tertiary/aromatic N) is 3. The fourth-order valence-electron chi connectivity index (χ4n) is 3.25. The molecule has 1 saturated heterocycles. The number of piperidine rings is 1. The largest absolute Gasteiger partial charge is 0.462 e. The molecular formula is C16H23N3O2. The summed E-state index contributed by atoms with van der Waals surface area (Å²) in [5, 5.41) is 0. The van der Waals surface area contributed by atoms with Gasteiger partial charge >= 0.3 is 5.97 Å². The van der Waals surface area contributed by atoms with E-state index in [9.17, 15) is 4.79 Å². The lowest BCUT2D eigenvalue weighted by Crippen LogP contribution is -2.41. The van der Waals surface area contributed by atoms with Crippen LogP contribution >= 0.6 is 0 Å². The Morgan fingerprint density at radius 3 is 2.62 bits per heavy atom. The lowest BCUT2D eigenvalue weighted by Gasteiger charge is -2.32. The van der Waals surface area contributed by atoms with Crippen molar-refractivity contribution in [3.05, 3.63) is 18.5 Å². The molecule has 1 aromatic heterocycles. The third-order valence-electron chi connectivity index (χ3n) is 4.42. The zero-order valence-corrected chi connectivity index (χ0v) is 12.4. The Morgan fingerprint density at radius 1 is 1.10 bits per heavy atom. The average molecular weight is 289 g/mol. The second-order valence-electron chi connectivity index (χ2n) is 6.03. The van der Waals surface area contributed by atoms with E-state index < -0.39 is 0 Å². The van der Waals surface area contributed by atoms with E-state index in [-0.39, 0.29) is 18.0 Å². The van der Waals surface area contributed by atoms with Crippen LogP contribution in [-0.2, 0) is 9.53 Å². The first-order valence-corrected chi connectivity index (χ1v) is 8.05. The number of aromatic nitrogens is 2. The van der Waals surface area contributed by atoms with Gasteiger partial charge in [-0.3, -0.25) is 4.79 Å². The molecule has 0 N–H and O–H groups in total. The highest BCUT2D eigenvalue weighted by atomic mass is 16.5. The number of carbonyl (C=O) groups excluding carboxylic acids is 1. The van der Waals surface area contributed by atoms with Gasteiger partial charge in [0, 0.05) is 25.5 Å². The van der Waals surface area contributed by atoms with Gasteiger partial charge in [-0.25, -0.2) is 9.97 Å². The second kappa shape index (κ2) is 6.87. The number of hydrogen-bond acceptors (Lipinski definition) is 5. The molecule has 0 radical (unpaired) electrons. The van der Waals surface area contributed by atoms with E-state index in [1.165, 1.54) is 19.3 Å². The molecule has 2 aliphatic rings. The summed E-state index contributed by atoms with van der Waals surface area (Å²) in [5.74, 6) is 0.652. The smallest absolute Gasteiger partial charge is 0.311 e. The number of carbonyl (C=O) groups is 1. The van der Waals surface area contributed by atoms with Gasteiger partial charge in [-0.05, 0) is 44.6 Å². The van der Waals surface area contributed by atoms with E-state index in [0.717, 1.165) is 32.2 Å². The summed E-state index contributed by atoms with van der Waals surface area (Å²) in [6.07, 6.45) is 11.2. The molecule has 3 rings (SSSR count). The molecule has 1 atom stereocenters. The normalized spacial score (nSPS) is 23.8. The van der Waals surface area contributed by atoms with Crippen LogP contribution in [0.5, 0.6) is 0 Å². The predicted molar refractivity (Wildman–Crippen MR) is 79.9 cm³/mol. The minimum absolute atomic E-state index is 0.0254. The third-order valence-corrected chi connectivity index (χ3v) is 4.42. The Bertz CT molecular complexity index is 460. The quantitative estimate of drug-likeness (QED) is 0.800. The van der Waals surface area contributed by atoms with Gasteiger partial charge in [0.05, 0.1) is 5.92 Å². The number of anilines is 1. The lowest BCUT2D eigenvalue weighted by molar-refractivity contribution is -0.155. The minimum atomic E-state index is -0.0375. The predicted octanol–water partition coefficient (Wildman–Crippen LogP) is 2.57. The fraction of sp³-hybridized carbons (Fsp3) is 0.688. The Morgan fingerprint density at radius 2 is 1.86 bits per heavy atom. The monoisotopic (exact) mass is 289 g/mol. The molecule has 5 heteroatoms. The first kappa shape index (κ1) is 14.3. The number of rotatable bonds is 3. The maximum atomic E-state index is 12.4. The highest BCUT2D eigenvalue weighted by molar-refractivity contribution is 5.73. The number of hydrogen-bond donors (Lipinski definition) is 0. The lowest BCUT2D eigenvalue weighted by atomic mass is 9.96.